The zero-order valence-electron chi connectivity index (χ0n) is 10.4. The molecule has 1 aromatic rings. The van der Waals surface area contributed by atoms with Crippen molar-refractivity contribution in [1.82, 2.24) is 4.98 Å². The smallest absolute Gasteiger partial charge is 0.407 e. The van der Waals surface area contributed by atoms with Gasteiger partial charge in [-0.3, -0.25) is 4.98 Å². The zero-order chi connectivity index (χ0) is 11.8. The minimum absolute atomic E-state index is 0.0196. The lowest BCUT2D eigenvalue weighted by Gasteiger charge is -2.47. The van der Waals surface area contributed by atoms with Gasteiger partial charge in [0.2, 0.25) is 0 Å². The van der Waals surface area contributed by atoms with E-state index >= 15 is 0 Å². The molecule has 0 spiro atoms. The van der Waals surface area contributed by atoms with Crippen molar-refractivity contribution in [2.24, 2.45) is 5.41 Å². The summed E-state index contributed by atoms with van der Waals surface area (Å²) in [7, 11) is -0.295. The molecule has 3 nitrogen and oxygen atoms in total. The van der Waals surface area contributed by atoms with Gasteiger partial charge in [-0.2, -0.15) is 0 Å². The average molecular weight is 219 g/mol. The first-order valence-electron chi connectivity index (χ1n) is 5.62. The van der Waals surface area contributed by atoms with Crippen LogP contribution in [0.3, 0.4) is 0 Å². The summed E-state index contributed by atoms with van der Waals surface area (Å²) in [6.07, 6.45) is 3.54. The van der Waals surface area contributed by atoms with Gasteiger partial charge in [-0.15, -0.1) is 0 Å². The summed E-state index contributed by atoms with van der Waals surface area (Å²) in [6.45, 7) is 9.23. The Morgan fingerprint density at radius 2 is 2.06 bits per heavy atom. The molecule has 0 aliphatic carbocycles. The topological polar surface area (TPSA) is 31.4 Å². The van der Waals surface area contributed by atoms with Crippen LogP contribution in [0.1, 0.15) is 27.7 Å². The second-order valence-corrected chi connectivity index (χ2v) is 5.44. The van der Waals surface area contributed by atoms with E-state index in [0.717, 1.165) is 5.46 Å². The highest BCUT2D eigenvalue weighted by Gasteiger charge is 2.46. The van der Waals surface area contributed by atoms with Gasteiger partial charge < -0.3 is 9.31 Å². The summed E-state index contributed by atoms with van der Waals surface area (Å²) in [6, 6.07) is 3.88. The molecular weight excluding hydrogens is 201 g/mol. The predicted molar refractivity (Wildman–Crippen MR) is 64.5 cm³/mol. The minimum Gasteiger partial charge on any atom is -0.407 e. The van der Waals surface area contributed by atoms with Gasteiger partial charge in [0.05, 0.1) is 5.60 Å². The van der Waals surface area contributed by atoms with E-state index in [4.69, 9.17) is 9.31 Å². The van der Waals surface area contributed by atoms with Crippen molar-refractivity contribution < 1.29 is 9.31 Å². The Kier molecular flexibility index (Phi) is 2.80. The van der Waals surface area contributed by atoms with E-state index in [1.807, 2.05) is 12.1 Å². The number of rotatable bonds is 1. The van der Waals surface area contributed by atoms with Gasteiger partial charge in [0.1, 0.15) is 0 Å². The number of nitrogens with zero attached hydrogens (tertiary/aromatic N) is 1. The Morgan fingerprint density at radius 1 is 1.31 bits per heavy atom. The Bertz CT molecular complexity index is 365. The van der Waals surface area contributed by atoms with E-state index in [-0.39, 0.29) is 18.1 Å². The number of aromatic nitrogens is 1. The largest absolute Gasteiger partial charge is 0.495 e. The second-order valence-electron chi connectivity index (χ2n) is 5.44. The molecule has 0 radical (unpaired) electrons. The number of hydrogen-bond acceptors (Lipinski definition) is 3. The van der Waals surface area contributed by atoms with Gasteiger partial charge in [0.25, 0.3) is 0 Å². The van der Waals surface area contributed by atoms with Crippen molar-refractivity contribution >= 4 is 12.6 Å². The molecule has 1 aliphatic rings. The van der Waals surface area contributed by atoms with E-state index in [9.17, 15) is 0 Å². The fourth-order valence-electron chi connectivity index (χ4n) is 1.60. The summed E-state index contributed by atoms with van der Waals surface area (Å²) in [5.74, 6) is 0. The van der Waals surface area contributed by atoms with Gasteiger partial charge in [0, 0.05) is 29.9 Å². The van der Waals surface area contributed by atoms with Gasteiger partial charge in [-0.25, -0.2) is 0 Å². The Morgan fingerprint density at radius 3 is 2.62 bits per heavy atom. The summed E-state index contributed by atoms with van der Waals surface area (Å²) < 4.78 is 11.8. The lowest BCUT2D eigenvalue weighted by molar-refractivity contribution is -0.0937. The van der Waals surface area contributed by atoms with Crippen LogP contribution in [-0.2, 0) is 9.31 Å². The number of hydrogen-bond donors (Lipinski definition) is 0. The molecular formula is C12H18BNO2. The van der Waals surface area contributed by atoms with Gasteiger partial charge in [-0.05, 0) is 19.9 Å². The normalized spacial score (nSPS) is 23.1. The molecule has 0 atom stereocenters. The molecule has 4 heteroatoms. The van der Waals surface area contributed by atoms with Crippen molar-refractivity contribution in [3.63, 3.8) is 0 Å². The van der Waals surface area contributed by atoms with Crippen LogP contribution < -0.4 is 5.46 Å². The van der Waals surface area contributed by atoms with E-state index < -0.39 is 0 Å². The summed E-state index contributed by atoms with van der Waals surface area (Å²) >= 11 is 0. The highest BCUT2D eigenvalue weighted by molar-refractivity contribution is 6.61. The summed E-state index contributed by atoms with van der Waals surface area (Å²) in [5, 5.41) is 0. The summed E-state index contributed by atoms with van der Waals surface area (Å²) in [4.78, 5) is 4.08. The highest BCUT2D eigenvalue weighted by atomic mass is 16.6. The molecule has 2 heterocycles. The molecule has 0 unspecified atom stereocenters. The maximum Gasteiger partial charge on any atom is 0.495 e. The SMILES string of the molecule is CC1(C)COB(c2cccnc2)OC1(C)C. The first-order valence-corrected chi connectivity index (χ1v) is 5.62. The highest BCUT2D eigenvalue weighted by Crippen LogP contribution is 2.37. The van der Waals surface area contributed by atoms with E-state index in [2.05, 4.69) is 32.7 Å². The van der Waals surface area contributed by atoms with Gasteiger partial charge >= 0.3 is 7.12 Å². The average Bonchev–Trinajstić information content (AvgIpc) is 2.23. The lowest BCUT2D eigenvalue weighted by Crippen LogP contribution is -2.58. The van der Waals surface area contributed by atoms with Crippen LogP contribution in [0.15, 0.2) is 24.5 Å². The Labute approximate surface area is 97.3 Å². The molecule has 0 amide bonds. The summed E-state index contributed by atoms with van der Waals surface area (Å²) in [5.41, 5.74) is 0.795. The first kappa shape index (κ1) is 11.6. The van der Waals surface area contributed by atoms with E-state index in [0.29, 0.717) is 6.61 Å². The fraction of sp³-hybridized carbons (Fsp3) is 0.583. The van der Waals surface area contributed by atoms with Crippen molar-refractivity contribution in [2.45, 2.75) is 33.3 Å². The molecule has 0 N–H and O–H groups in total. The molecule has 2 rings (SSSR count). The van der Waals surface area contributed by atoms with Crippen LogP contribution >= 0.6 is 0 Å². The first-order chi connectivity index (χ1) is 7.42. The van der Waals surface area contributed by atoms with Crippen LogP contribution in [0.4, 0.5) is 0 Å². The fourth-order valence-corrected chi connectivity index (χ4v) is 1.60. The molecule has 1 aromatic heterocycles. The third kappa shape index (κ3) is 2.00. The molecule has 0 aromatic carbocycles. The van der Waals surface area contributed by atoms with Crippen LogP contribution in [0.2, 0.25) is 0 Å². The standard InChI is InChI=1S/C12H18BNO2/c1-11(2)9-15-13(16-12(11,3)4)10-6-5-7-14-8-10/h5-8H,9H2,1-4H3. The zero-order valence-corrected chi connectivity index (χ0v) is 10.4. The predicted octanol–water partition coefficient (Wildman–Crippen LogP) is 1.63. The quantitative estimate of drug-likeness (QED) is 0.672. The van der Waals surface area contributed by atoms with E-state index in [1.165, 1.54) is 0 Å². The lowest BCUT2D eigenvalue weighted by atomic mass is 9.69. The van der Waals surface area contributed by atoms with E-state index in [1.54, 1.807) is 12.4 Å². The minimum atomic E-state index is -0.295. The van der Waals surface area contributed by atoms with Crippen molar-refractivity contribution in [3.05, 3.63) is 24.5 Å². The van der Waals surface area contributed by atoms with Gasteiger partial charge in [-0.1, -0.05) is 19.9 Å². The molecule has 0 bridgehead atoms. The Balaban J connectivity index is 2.18. The maximum atomic E-state index is 6.01. The van der Waals surface area contributed by atoms with Crippen LogP contribution in [0, 0.1) is 5.41 Å². The maximum absolute atomic E-state index is 6.01. The number of pyridine rings is 1. The molecule has 0 saturated carbocycles. The molecule has 1 fully saturated rings. The Hall–Kier alpha value is -0.865. The third-order valence-corrected chi connectivity index (χ3v) is 3.58. The van der Waals surface area contributed by atoms with Crippen molar-refractivity contribution in [3.8, 4) is 0 Å². The molecule has 86 valence electrons. The second kappa shape index (κ2) is 3.86. The molecule has 1 saturated heterocycles. The monoisotopic (exact) mass is 219 g/mol. The van der Waals surface area contributed by atoms with Crippen LogP contribution in [0.5, 0.6) is 0 Å². The van der Waals surface area contributed by atoms with Gasteiger partial charge in [0.15, 0.2) is 0 Å². The van der Waals surface area contributed by atoms with Crippen LogP contribution in [0.25, 0.3) is 0 Å². The third-order valence-electron chi connectivity index (χ3n) is 3.58. The van der Waals surface area contributed by atoms with Crippen molar-refractivity contribution in [2.75, 3.05) is 6.61 Å². The van der Waals surface area contributed by atoms with Crippen LogP contribution in [-0.4, -0.2) is 24.3 Å². The molecule has 1 aliphatic heterocycles. The molecule has 16 heavy (non-hydrogen) atoms. The van der Waals surface area contributed by atoms with Crippen molar-refractivity contribution in [1.29, 1.82) is 0 Å².